The van der Waals surface area contributed by atoms with Gasteiger partial charge in [0.25, 0.3) is 20.2 Å². The molecule has 6 aliphatic rings. The molecule has 15 aromatic carbocycles. The Morgan fingerprint density at radius 2 is 0.646 bits per heavy atom. The van der Waals surface area contributed by atoms with E-state index >= 15 is 0 Å². The molecule has 3 aromatic heterocycles. The van der Waals surface area contributed by atoms with Crippen molar-refractivity contribution in [2.24, 2.45) is 0 Å². The SMILES string of the molecule is CC1(C)c2cc3cc4ccccc4cc3c3c2-c2c1c1c(ccc4ccccc41)c[n+]2CO3.CC1(C)c2cc3cc4ccccc4cc3c3c2-c2c1c1ccc4ccccc4c1c[n+]2CO3.CC1(C)c2cc3cc4ccccc4cc3c3c2-c2c1cc1ccc4ccccc4c1[n+]2CO3. The summed E-state index contributed by atoms with van der Waals surface area (Å²) in [6, 6.07) is 89.1. The fraction of sp³-hybridized carbons (Fsp3) is 0.129. The molecule has 0 N–H and O–H groups in total. The Balaban J connectivity index is 0.0000000949. The van der Waals surface area contributed by atoms with Gasteiger partial charge in [-0.15, -0.1) is 0 Å². The fourth-order valence-corrected chi connectivity index (χ4v) is 19.0. The van der Waals surface area contributed by atoms with Gasteiger partial charge in [0.15, 0.2) is 12.4 Å². The number of nitrogens with zero attached hydrogens (tertiary/aromatic N) is 3. The van der Waals surface area contributed by atoms with Crippen molar-refractivity contribution in [2.45, 2.75) is 78.0 Å². The molecule has 0 bridgehead atoms. The maximum absolute atomic E-state index is 6.64. The average molecular weight is 1270 g/mol. The molecule has 3 aliphatic carbocycles. The van der Waals surface area contributed by atoms with Crippen molar-refractivity contribution in [3.63, 3.8) is 0 Å². The summed E-state index contributed by atoms with van der Waals surface area (Å²) in [7, 11) is 0. The third-order valence-corrected chi connectivity index (χ3v) is 23.7. The van der Waals surface area contributed by atoms with Crippen LogP contribution in [0.3, 0.4) is 0 Å². The third kappa shape index (κ3) is 7.37. The molecule has 0 unspecified atom stereocenters. The van der Waals surface area contributed by atoms with E-state index in [2.05, 4.69) is 310 Å². The largest absolute Gasteiger partial charge is 0.434 e. The molecule has 468 valence electrons. The van der Waals surface area contributed by atoms with Gasteiger partial charge in [-0.2, -0.15) is 13.7 Å². The van der Waals surface area contributed by atoms with Crippen LogP contribution in [0.15, 0.2) is 255 Å². The van der Waals surface area contributed by atoms with Crippen molar-refractivity contribution in [2.75, 3.05) is 0 Å². The van der Waals surface area contributed by atoms with Crippen LogP contribution in [-0.4, -0.2) is 0 Å². The summed E-state index contributed by atoms with van der Waals surface area (Å²) in [5.74, 6) is 3.12. The third-order valence-electron chi connectivity index (χ3n) is 23.7. The number of benzene rings is 15. The summed E-state index contributed by atoms with van der Waals surface area (Å²) in [5.41, 5.74) is 17.1. The Hall–Kier alpha value is -11.7. The molecule has 6 heteroatoms. The van der Waals surface area contributed by atoms with Crippen molar-refractivity contribution in [1.29, 1.82) is 0 Å². The van der Waals surface area contributed by atoms with E-state index in [0.717, 1.165) is 17.2 Å². The Labute approximate surface area is 571 Å². The first kappa shape index (κ1) is 55.4. The Morgan fingerprint density at radius 3 is 1.20 bits per heavy atom. The molecular weight excluding hydrogens is 1210 g/mol. The maximum Gasteiger partial charge on any atom is 0.293 e. The summed E-state index contributed by atoms with van der Waals surface area (Å²) >= 11 is 0. The second-order valence-corrected chi connectivity index (χ2v) is 30.0. The minimum absolute atomic E-state index is 0.0888. The molecule has 6 nitrogen and oxygen atoms in total. The van der Waals surface area contributed by atoms with E-state index in [4.69, 9.17) is 14.2 Å². The predicted octanol–water partition coefficient (Wildman–Crippen LogP) is 21.7. The van der Waals surface area contributed by atoms with Crippen LogP contribution in [0.2, 0.25) is 0 Å². The van der Waals surface area contributed by atoms with Gasteiger partial charge in [-0.3, -0.25) is 0 Å². The van der Waals surface area contributed by atoms with Crippen LogP contribution in [-0.2, 0) is 36.4 Å². The number of rotatable bonds is 0. The molecule has 6 heterocycles. The molecule has 0 saturated heterocycles. The molecule has 3 aliphatic heterocycles. The molecule has 0 amide bonds. The van der Waals surface area contributed by atoms with Gasteiger partial charge in [0, 0.05) is 65.3 Å². The number of hydrogen-bond acceptors (Lipinski definition) is 3. The standard InChI is InChI=1S/3C31H22NO/c1-31(2)26-15-21-13-19-8-3-4-9-20(19)14-24(21)30-27(26)29-28(31)23-12-11-18-7-5-6-10-22(18)25(23)16-32(29)17-33-30;1-31(2)25-15-22-13-19-8-3-4-9-20(19)14-24(22)30-27(25)29-28(31)26-21(16-32(29)17-33-30)12-11-18-7-5-6-10-23(18)26;1-31(2)25-16-22-13-19-8-3-4-9-20(19)14-24(22)30-27(25)29-26(31)15-21-12-11-18-7-5-6-10-23(18)28(21)32(29)17-33-30/h3*3-16H,17H2,1-2H3/q3*+1. The van der Waals surface area contributed by atoms with Crippen LogP contribution < -0.4 is 27.9 Å². The lowest BCUT2D eigenvalue weighted by molar-refractivity contribution is -0.716. The zero-order valence-corrected chi connectivity index (χ0v) is 55.9. The minimum atomic E-state index is -0.127. The molecule has 18 aromatic rings. The van der Waals surface area contributed by atoms with Crippen LogP contribution in [0.25, 0.3) is 163 Å². The van der Waals surface area contributed by atoms with Gasteiger partial charge in [-0.1, -0.05) is 205 Å². The van der Waals surface area contributed by atoms with Crippen molar-refractivity contribution in [1.82, 2.24) is 0 Å². The van der Waals surface area contributed by atoms with Crippen LogP contribution >= 0.6 is 0 Å². The maximum atomic E-state index is 6.64. The zero-order chi connectivity index (χ0) is 65.7. The monoisotopic (exact) mass is 1270 g/mol. The summed E-state index contributed by atoms with van der Waals surface area (Å²) in [6.07, 6.45) is 4.58. The smallest absolute Gasteiger partial charge is 0.293 e. The van der Waals surface area contributed by atoms with E-state index in [1.807, 2.05) is 0 Å². The molecule has 0 radical (unpaired) electrons. The number of aromatic nitrogens is 3. The lowest BCUT2D eigenvalue weighted by Gasteiger charge is -2.22. The highest BCUT2D eigenvalue weighted by atomic mass is 16.5. The molecule has 0 atom stereocenters. The van der Waals surface area contributed by atoms with E-state index in [9.17, 15) is 0 Å². The van der Waals surface area contributed by atoms with Crippen LogP contribution in [0.1, 0.15) is 74.9 Å². The van der Waals surface area contributed by atoms with Gasteiger partial charge < -0.3 is 14.2 Å². The van der Waals surface area contributed by atoms with E-state index in [1.165, 1.54) is 197 Å². The molecular formula is C93H66N3O3+3. The van der Waals surface area contributed by atoms with Crippen LogP contribution in [0.5, 0.6) is 17.2 Å². The molecule has 0 saturated carbocycles. The first-order valence-corrected chi connectivity index (χ1v) is 34.9. The highest BCUT2D eigenvalue weighted by Crippen LogP contribution is 2.60. The summed E-state index contributed by atoms with van der Waals surface area (Å²) in [6.45, 7) is 15.8. The molecule has 24 rings (SSSR count). The van der Waals surface area contributed by atoms with Crippen molar-refractivity contribution in [3.8, 4) is 51.0 Å². The van der Waals surface area contributed by atoms with Gasteiger partial charge in [0.1, 0.15) is 17.2 Å². The summed E-state index contributed by atoms with van der Waals surface area (Å²) < 4.78 is 26.8. The lowest BCUT2D eigenvalue weighted by Crippen LogP contribution is -2.43. The van der Waals surface area contributed by atoms with Crippen molar-refractivity contribution >= 4 is 129 Å². The van der Waals surface area contributed by atoms with Crippen LogP contribution in [0, 0.1) is 0 Å². The first-order chi connectivity index (χ1) is 48.3. The quantitative estimate of drug-likeness (QED) is 0.0863. The second-order valence-electron chi connectivity index (χ2n) is 30.0. The number of pyridine rings is 3. The molecule has 0 fully saturated rings. The van der Waals surface area contributed by atoms with Gasteiger partial charge in [0.05, 0.1) is 27.5 Å². The summed E-state index contributed by atoms with van der Waals surface area (Å²) in [4.78, 5) is 0. The summed E-state index contributed by atoms with van der Waals surface area (Å²) in [5, 5.41) is 29.3. The van der Waals surface area contributed by atoms with Gasteiger partial charge in [0.2, 0.25) is 22.6 Å². The number of fused-ring (bicyclic) bond motifs is 21. The Morgan fingerprint density at radius 1 is 0.263 bits per heavy atom. The van der Waals surface area contributed by atoms with Gasteiger partial charge in [-0.05, 0) is 176 Å². The Kier molecular flexibility index (Phi) is 10.8. The minimum Gasteiger partial charge on any atom is -0.434 e. The van der Waals surface area contributed by atoms with E-state index in [0.29, 0.717) is 20.2 Å². The highest BCUT2D eigenvalue weighted by molar-refractivity contribution is 6.16. The highest BCUT2D eigenvalue weighted by Gasteiger charge is 2.51. The fourth-order valence-electron chi connectivity index (χ4n) is 19.0. The van der Waals surface area contributed by atoms with Crippen molar-refractivity contribution < 1.29 is 27.9 Å². The lowest BCUT2D eigenvalue weighted by atomic mass is 9.79. The molecule has 99 heavy (non-hydrogen) atoms. The topological polar surface area (TPSA) is 39.3 Å². The van der Waals surface area contributed by atoms with Crippen molar-refractivity contribution in [3.05, 3.63) is 288 Å². The molecule has 0 spiro atoms. The normalized spacial score (nSPS) is 15.3. The average Bonchev–Trinajstić information content (AvgIpc) is 1.55. The first-order valence-electron chi connectivity index (χ1n) is 34.9. The van der Waals surface area contributed by atoms with Crippen LogP contribution in [0.4, 0.5) is 0 Å². The second kappa shape index (κ2) is 19.3. The number of ether oxygens (including phenoxy) is 3. The van der Waals surface area contributed by atoms with Gasteiger partial charge in [-0.25, -0.2) is 0 Å². The number of hydrogen-bond donors (Lipinski definition) is 0. The zero-order valence-electron chi connectivity index (χ0n) is 55.9. The van der Waals surface area contributed by atoms with E-state index < -0.39 is 0 Å². The predicted molar refractivity (Wildman–Crippen MR) is 405 cm³/mol. The van der Waals surface area contributed by atoms with E-state index in [-0.39, 0.29) is 16.2 Å². The van der Waals surface area contributed by atoms with E-state index in [1.54, 1.807) is 0 Å². The Bertz CT molecular complexity index is 6790. The van der Waals surface area contributed by atoms with Gasteiger partial charge >= 0.3 is 0 Å².